The molecule has 4 aliphatic rings. The molecule has 24 heavy (non-hydrogen) atoms. The molecule has 4 aliphatic carbocycles. The molecule has 4 saturated carbocycles. The average Bonchev–Trinajstić information content (AvgIpc) is 2.90. The largest absolute Gasteiger partial charge is 0.299 e. The van der Waals surface area contributed by atoms with Gasteiger partial charge in [0.25, 0.3) is 0 Å². The summed E-state index contributed by atoms with van der Waals surface area (Å²) in [7, 11) is 0. The van der Waals surface area contributed by atoms with Gasteiger partial charge in [0.15, 0.2) is 0 Å². The van der Waals surface area contributed by atoms with Crippen LogP contribution in [0, 0.1) is 46.8 Å². The van der Waals surface area contributed by atoms with Crippen molar-refractivity contribution in [2.45, 2.75) is 78.1 Å². The highest BCUT2D eigenvalue weighted by atomic mass is 79.9. The lowest BCUT2D eigenvalue weighted by molar-refractivity contribution is -0.119. The number of carbonyl (C=O) groups excluding carboxylic acids is 1. The predicted octanol–water partition coefficient (Wildman–Crippen LogP) is 6.25. The lowest BCUT2D eigenvalue weighted by Crippen LogP contribution is -2.48. The number of rotatable bonds is 3. The van der Waals surface area contributed by atoms with Crippen LogP contribution < -0.4 is 0 Å². The monoisotopic (exact) mass is 394 g/mol. The molecule has 0 spiro atoms. The van der Waals surface area contributed by atoms with E-state index in [1.54, 1.807) is 0 Å². The van der Waals surface area contributed by atoms with Gasteiger partial charge in [0.05, 0.1) is 5.33 Å². The van der Waals surface area contributed by atoms with Crippen molar-refractivity contribution in [2.75, 3.05) is 5.33 Å². The van der Waals surface area contributed by atoms with Crippen LogP contribution >= 0.6 is 15.9 Å². The molecule has 2 heteroatoms. The van der Waals surface area contributed by atoms with E-state index >= 15 is 0 Å². The Morgan fingerprint density at radius 2 is 1.79 bits per heavy atom. The van der Waals surface area contributed by atoms with E-state index in [0.29, 0.717) is 22.4 Å². The minimum Gasteiger partial charge on any atom is -0.299 e. The van der Waals surface area contributed by atoms with Crippen LogP contribution in [0.5, 0.6) is 0 Å². The summed E-state index contributed by atoms with van der Waals surface area (Å²) in [5.74, 6) is 7.10. The maximum atomic E-state index is 12.0. The number of hydrogen-bond donors (Lipinski definition) is 0. The van der Waals surface area contributed by atoms with Crippen LogP contribution in [0.25, 0.3) is 0 Å². The van der Waals surface area contributed by atoms with Crippen LogP contribution in [0.15, 0.2) is 0 Å². The predicted molar refractivity (Wildman–Crippen MR) is 103 cm³/mol. The van der Waals surface area contributed by atoms with E-state index in [1.807, 2.05) is 0 Å². The summed E-state index contributed by atoms with van der Waals surface area (Å²) < 4.78 is 0. The third-order valence-corrected chi connectivity index (χ3v) is 9.66. The molecule has 0 N–H and O–H groups in total. The van der Waals surface area contributed by atoms with Gasteiger partial charge >= 0.3 is 0 Å². The van der Waals surface area contributed by atoms with E-state index in [1.165, 1.54) is 57.8 Å². The van der Waals surface area contributed by atoms with Crippen molar-refractivity contribution in [1.82, 2.24) is 0 Å². The maximum Gasteiger partial charge on any atom is 0.143 e. The van der Waals surface area contributed by atoms with Crippen molar-refractivity contribution in [2.24, 2.45) is 46.8 Å². The normalized spacial score (nSPS) is 50.7. The summed E-state index contributed by atoms with van der Waals surface area (Å²) in [6, 6.07) is 0. The van der Waals surface area contributed by atoms with E-state index in [2.05, 4.69) is 29.8 Å². The van der Waals surface area contributed by atoms with Gasteiger partial charge in [0.1, 0.15) is 5.78 Å². The Morgan fingerprint density at radius 1 is 1.00 bits per heavy atom. The van der Waals surface area contributed by atoms with Crippen molar-refractivity contribution >= 4 is 21.7 Å². The lowest BCUT2D eigenvalue weighted by atomic mass is 9.49. The van der Waals surface area contributed by atoms with Gasteiger partial charge < -0.3 is 0 Å². The fourth-order valence-corrected chi connectivity index (χ4v) is 8.09. The maximum absolute atomic E-state index is 12.0. The number of hydrogen-bond acceptors (Lipinski definition) is 1. The van der Waals surface area contributed by atoms with Crippen LogP contribution in [0.3, 0.4) is 0 Å². The molecule has 0 unspecified atom stereocenters. The zero-order valence-electron chi connectivity index (χ0n) is 15.6. The van der Waals surface area contributed by atoms with Gasteiger partial charge in [-0.15, -0.1) is 0 Å². The van der Waals surface area contributed by atoms with Crippen molar-refractivity contribution in [3.05, 3.63) is 0 Å². The van der Waals surface area contributed by atoms with Gasteiger partial charge in [0, 0.05) is 6.42 Å². The SMILES string of the molecule is C[C@H]1CC[C@H]2[C@H](CC[C@@H]3[C@@H]2CC[C@]2(C)[C@@H](CC(=O)CBr)CC[C@@H]32)C1. The number of ketones is 1. The lowest BCUT2D eigenvalue weighted by Gasteiger charge is -2.56. The zero-order chi connectivity index (χ0) is 16.9. The van der Waals surface area contributed by atoms with Crippen LogP contribution in [0.2, 0.25) is 0 Å². The van der Waals surface area contributed by atoms with Gasteiger partial charge in [-0.1, -0.05) is 36.2 Å². The molecular formula is C22H35BrO. The van der Waals surface area contributed by atoms with E-state index in [-0.39, 0.29) is 0 Å². The number of alkyl halides is 1. The molecule has 0 heterocycles. The topological polar surface area (TPSA) is 17.1 Å². The molecule has 0 amide bonds. The average molecular weight is 395 g/mol. The van der Waals surface area contributed by atoms with Crippen LogP contribution in [-0.4, -0.2) is 11.1 Å². The molecule has 0 radical (unpaired) electrons. The molecular weight excluding hydrogens is 360 g/mol. The molecule has 8 atom stereocenters. The van der Waals surface area contributed by atoms with E-state index in [9.17, 15) is 4.79 Å². The molecule has 0 saturated heterocycles. The first-order valence-electron chi connectivity index (χ1n) is 10.6. The Balaban J connectivity index is 1.50. The molecule has 0 aliphatic heterocycles. The van der Waals surface area contributed by atoms with Gasteiger partial charge in [-0.05, 0) is 98.2 Å². The summed E-state index contributed by atoms with van der Waals surface area (Å²) in [5.41, 5.74) is 0.466. The van der Waals surface area contributed by atoms with Crippen LogP contribution in [0.1, 0.15) is 78.1 Å². The van der Waals surface area contributed by atoms with Gasteiger partial charge in [-0.3, -0.25) is 4.79 Å². The number of fused-ring (bicyclic) bond motifs is 5. The highest BCUT2D eigenvalue weighted by Crippen LogP contribution is 2.64. The van der Waals surface area contributed by atoms with E-state index in [4.69, 9.17) is 0 Å². The Morgan fingerprint density at radius 3 is 2.58 bits per heavy atom. The minimum absolute atomic E-state index is 0.425. The Hall–Kier alpha value is 0.150. The number of carbonyl (C=O) groups is 1. The smallest absolute Gasteiger partial charge is 0.143 e. The second-order valence-electron chi connectivity index (χ2n) is 10.0. The molecule has 0 aromatic rings. The molecule has 0 aromatic heterocycles. The molecule has 4 rings (SSSR count). The second-order valence-corrected chi connectivity index (χ2v) is 10.6. The minimum atomic E-state index is 0.425. The molecule has 0 bridgehead atoms. The van der Waals surface area contributed by atoms with E-state index < -0.39 is 0 Å². The van der Waals surface area contributed by atoms with Crippen molar-refractivity contribution in [3.63, 3.8) is 0 Å². The van der Waals surface area contributed by atoms with E-state index in [0.717, 1.165) is 41.9 Å². The summed E-state index contributed by atoms with van der Waals surface area (Å²) >= 11 is 3.38. The Kier molecular flexibility index (Phi) is 4.91. The highest BCUT2D eigenvalue weighted by Gasteiger charge is 2.56. The van der Waals surface area contributed by atoms with Gasteiger partial charge in [0.2, 0.25) is 0 Å². The third-order valence-electron chi connectivity index (χ3n) is 9.04. The molecule has 1 nitrogen and oxygen atoms in total. The van der Waals surface area contributed by atoms with Crippen molar-refractivity contribution in [3.8, 4) is 0 Å². The first-order chi connectivity index (χ1) is 11.5. The molecule has 136 valence electrons. The standard InChI is InChI=1S/C22H35BrO/c1-14-3-6-18-15(11-14)4-7-20-19(18)9-10-22(2)16(5-8-21(20)22)12-17(24)13-23/h14-16,18-21H,3-13H2,1-2H3/t14-,15+,16+,18-,19+,20+,21-,22+/m0/s1. The van der Waals surface area contributed by atoms with Gasteiger partial charge in [-0.25, -0.2) is 0 Å². The molecule has 0 aromatic carbocycles. The Labute approximate surface area is 156 Å². The number of halogens is 1. The first-order valence-corrected chi connectivity index (χ1v) is 11.7. The van der Waals surface area contributed by atoms with Crippen LogP contribution in [-0.2, 0) is 4.79 Å². The number of Topliss-reactive ketones (excluding diaryl/α,β-unsaturated/α-hetero) is 1. The van der Waals surface area contributed by atoms with Crippen molar-refractivity contribution < 1.29 is 4.79 Å². The Bertz CT molecular complexity index is 488. The van der Waals surface area contributed by atoms with Gasteiger partial charge in [-0.2, -0.15) is 0 Å². The second kappa shape index (κ2) is 6.71. The quantitative estimate of drug-likeness (QED) is 0.517. The summed E-state index contributed by atoms with van der Waals surface area (Å²) in [4.78, 5) is 12.0. The first kappa shape index (κ1) is 17.6. The van der Waals surface area contributed by atoms with Crippen LogP contribution in [0.4, 0.5) is 0 Å². The summed E-state index contributed by atoms with van der Waals surface area (Å²) in [6.07, 6.45) is 13.9. The summed E-state index contributed by atoms with van der Waals surface area (Å²) in [6.45, 7) is 5.03. The third kappa shape index (κ3) is 2.83. The molecule has 4 fully saturated rings. The highest BCUT2D eigenvalue weighted by molar-refractivity contribution is 9.09. The zero-order valence-corrected chi connectivity index (χ0v) is 17.2. The summed E-state index contributed by atoms with van der Waals surface area (Å²) in [5, 5.41) is 0.554. The van der Waals surface area contributed by atoms with Crippen molar-refractivity contribution in [1.29, 1.82) is 0 Å². The fraction of sp³-hybridized carbons (Fsp3) is 0.955. The fourth-order valence-electron chi connectivity index (χ4n) is 7.86.